The predicted molar refractivity (Wildman–Crippen MR) is 247 cm³/mol. The molecule has 0 saturated carbocycles. The van der Waals surface area contributed by atoms with Crippen molar-refractivity contribution in [2.45, 2.75) is 105 Å². The van der Waals surface area contributed by atoms with E-state index in [1.54, 1.807) is 0 Å². The first kappa shape index (κ1) is 39.4. The van der Waals surface area contributed by atoms with Crippen molar-refractivity contribution in [1.82, 2.24) is 4.98 Å². The zero-order valence-corrected chi connectivity index (χ0v) is 37.7. The van der Waals surface area contributed by atoms with Crippen LogP contribution in [-0.2, 0) is 21.7 Å². The molecule has 0 bridgehead atoms. The summed E-state index contributed by atoms with van der Waals surface area (Å²) in [6.07, 6.45) is 0. The van der Waals surface area contributed by atoms with Crippen LogP contribution in [0.2, 0.25) is 0 Å². The standard InChI is InChI=1S/C48H53I2N3/c1-45(2,3)33-21-13-29(14-22-33)37-39(49)41(31-17-25-35(26-18-31)47(7,8)9)51-43(37)53-44-38(30-15-23-34(24-16-30)46(4,5)6)40(50)42(52-44)32-19-27-36(28-20-32)48(10,11)12/h13-28,51H,1-12H3/b53-44-. The second kappa shape index (κ2) is 14.4. The Labute approximate surface area is 345 Å². The molecular weight excluding hydrogens is 872 g/mol. The summed E-state index contributed by atoms with van der Waals surface area (Å²) in [6, 6.07) is 35.8. The summed E-state index contributed by atoms with van der Waals surface area (Å²) in [7, 11) is 0. The first-order valence-electron chi connectivity index (χ1n) is 18.6. The Hall–Kier alpha value is -3.30. The Morgan fingerprint density at radius 2 is 0.830 bits per heavy atom. The van der Waals surface area contributed by atoms with Crippen LogP contribution < -0.4 is 0 Å². The number of H-pyrrole nitrogens is 1. The van der Waals surface area contributed by atoms with E-state index in [0.717, 1.165) is 57.8 Å². The molecule has 274 valence electrons. The minimum Gasteiger partial charge on any atom is -0.338 e. The van der Waals surface area contributed by atoms with E-state index in [1.807, 2.05) is 0 Å². The van der Waals surface area contributed by atoms with Gasteiger partial charge in [0.1, 0.15) is 5.82 Å². The second-order valence-corrected chi connectivity index (χ2v) is 20.6. The monoisotopic (exact) mass is 925 g/mol. The maximum Gasteiger partial charge on any atom is 0.163 e. The van der Waals surface area contributed by atoms with Gasteiger partial charge in [-0.15, -0.1) is 0 Å². The lowest BCUT2D eigenvalue weighted by molar-refractivity contribution is 0.590. The minimum absolute atomic E-state index is 0.0585. The Balaban J connectivity index is 1.56. The quantitative estimate of drug-likeness (QED) is 0.171. The molecule has 2 heterocycles. The van der Waals surface area contributed by atoms with Gasteiger partial charge in [0.15, 0.2) is 5.84 Å². The molecule has 53 heavy (non-hydrogen) atoms. The van der Waals surface area contributed by atoms with Crippen LogP contribution in [0, 0.1) is 3.57 Å². The Kier molecular flexibility index (Phi) is 10.7. The van der Waals surface area contributed by atoms with Crippen molar-refractivity contribution in [3.05, 3.63) is 138 Å². The zero-order valence-electron chi connectivity index (χ0n) is 33.4. The summed E-state index contributed by atoms with van der Waals surface area (Å²) < 4.78 is 2.24. The van der Waals surface area contributed by atoms with Gasteiger partial charge in [-0.2, -0.15) is 0 Å². The molecule has 0 amide bonds. The van der Waals surface area contributed by atoms with Crippen LogP contribution in [0.4, 0.5) is 5.82 Å². The number of halogens is 2. The van der Waals surface area contributed by atoms with Gasteiger partial charge in [0.05, 0.1) is 15.0 Å². The van der Waals surface area contributed by atoms with Crippen molar-refractivity contribution in [3.63, 3.8) is 0 Å². The average Bonchev–Trinajstić information content (AvgIpc) is 3.58. The first-order chi connectivity index (χ1) is 24.6. The molecule has 5 aromatic rings. The highest BCUT2D eigenvalue weighted by Gasteiger charge is 2.29. The molecule has 1 aliphatic heterocycles. The number of allylic oxidation sites excluding steroid dienone is 1. The number of hydrogen-bond donors (Lipinski definition) is 1. The molecule has 0 spiro atoms. The van der Waals surface area contributed by atoms with E-state index in [4.69, 9.17) is 9.98 Å². The van der Waals surface area contributed by atoms with Gasteiger partial charge < -0.3 is 4.98 Å². The number of nitrogens with zero attached hydrogens (tertiary/aromatic N) is 2. The fourth-order valence-electron chi connectivity index (χ4n) is 6.61. The molecule has 0 aliphatic carbocycles. The lowest BCUT2D eigenvalue weighted by atomic mass is 9.86. The zero-order chi connectivity index (χ0) is 38.7. The number of aromatic nitrogens is 1. The third kappa shape index (κ3) is 8.36. The smallest absolute Gasteiger partial charge is 0.163 e. The molecule has 1 aromatic heterocycles. The molecule has 6 rings (SSSR count). The van der Waals surface area contributed by atoms with Gasteiger partial charge in [0.25, 0.3) is 0 Å². The summed E-state index contributed by atoms with van der Waals surface area (Å²) in [5.41, 5.74) is 14.1. The van der Waals surface area contributed by atoms with Crippen LogP contribution in [-0.4, -0.2) is 16.5 Å². The van der Waals surface area contributed by atoms with Crippen LogP contribution in [0.3, 0.4) is 0 Å². The van der Waals surface area contributed by atoms with Crippen LogP contribution in [0.5, 0.6) is 0 Å². The van der Waals surface area contributed by atoms with Crippen molar-refractivity contribution < 1.29 is 0 Å². The maximum atomic E-state index is 5.49. The van der Waals surface area contributed by atoms with Crippen LogP contribution in [0.1, 0.15) is 116 Å². The Morgan fingerprint density at radius 3 is 1.23 bits per heavy atom. The SMILES string of the molecule is CC(C)(C)c1ccc(C2=N/C(=N\c3[nH]c(-c4ccc(C(C)(C)C)cc4)c(I)c3-c3ccc(C(C)(C)C)cc3)C(c3ccc(C(C)(C)C)cc3)=C2I)cc1. The van der Waals surface area contributed by atoms with Gasteiger partial charge in [0.2, 0.25) is 0 Å². The Morgan fingerprint density at radius 1 is 0.472 bits per heavy atom. The molecule has 0 saturated heterocycles. The van der Waals surface area contributed by atoms with Crippen molar-refractivity contribution in [1.29, 1.82) is 0 Å². The summed E-state index contributed by atoms with van der Waals surface area (Å²) in [4.78, 5) is 14.6. The van der Waals surface area contributed by atoms with Crippen LogP contribution in [0.15, 0.2) is 111 Å². The van der Waals surface area contributed by atoms with E-state index in [2.05, 4.69) is 230 Å². The van der Waals surface area contributed by atoms with Crippen LogP contribution >= 0.6 is 45.2 Å². The lowest BCUT2D eigenvalue weighted by Gasteiger charge is -2.19. The highest BCUT2D eigenvalue weighted by Crippen LogP contribution is 2.44. The minimum atomic E-state index is 0.0585. The van der Waals surface area contributed by atoms with Gasteiger partial charge in [-0.25, -0.2) is 9.98 Å². The van der Waals surface area contributed by atoms with E-state index in [1.165, 1.54) is 22.3 Å². The molecule has 1 aliphatic rings. The second-order valence-electron chi connectivity index (χ2n) is 18.4. The predicted octanol–water partition coefficient (Wildman–Crippen LogP) is 14.5. The summed E-state index contributed by atoms with van der Waals surface area (Å²) in [5, 5.41) is 0. The van der Waals surface area contributed by atoms with E-state index < -0.39 is 0 Å². The van der Waals surface area contributed by atoms with Gasteiger partial charge >= 0.3 is 0 Å². The van der Waals surface area contributed by atoms with Gasteiger partial charge in [0, 0.05) is 20.3 Å². The van der Waals surface area contributed by atoms with Gasteiger partial charge in [-0.1, -0.05) is 180 Å². The van der Waals surface area contributed by atoms with E-state index >= 15 is 0 Å². The van der Waals surface area contributed by atoms with Crippen molar-refractivity contribution in [3.8, 4) is 22.4 Å². The summed E-state index contributed by atoms with van der Waals surface area (Å²) in [6.45, 7) is 27.1. The fourth-order valence-corrected chi connectivity index (χ4v) is 8.61. The van der Waals surface area contributed by atoms with Crippen molar-refractivity contribution in [2.75, 3.05) is 0 Å². The van der Waals surface area contributed by atoms with Gasteiger partial charge in [-0.3, -0.25) is 0 Å². The van der Waals surface area contributed by atoms with Gasteiger partial charge in [-0.05, 0) is 106 Å². The highest BCUT2D eigenvalue weighted by atomic mass is 127. The number of aromatic amines is 1. The van der Waals surface area contributed by atoms with Crippen molar-refractivity contribution >= 4 is 68.1 Å². The third-order valence-corrected chi connectivity index (χ3v) is 12.3. The molecule has 0 unspecified atom stereocenters. The van der Waals surface area contributed by atoms with Crippen molar-refractivity contribution in [2.24, 2.45) is 9.98 Å². The fraction of sp³-hybridized carbons (Fsp3) is 0.333. The van der Waals surface area contributed by atoms with E-state index in [-0.39, 0.29) is 21.7 Å². The molecule has 4 aromatic carbocycles. The topological polar surface area (TPSA) is 40.5 Å². The first-order valence-corrected chi connectivity index (χ1v) is 20.7. The summed E-state index contributed by atoms with van der Waals surface area (Å²) in [5.74, 6) is 1.52. The number of amidine groups is 1. The molecular formula is C48H53I2N3. The molecule has 3 nitrogen and oxygen atoms in total. The lowest BCUT2D eigenvalue weighted by Crippen LogP contribution is -2.11. The number of aliphatic imine (C=N–C) groups is 2. The normalized spacial score (nSPS) is 15.1. The largest absolute Gasteiger partial charge is 0.338 e. The van der Waals surface area contributed by atoms with E-state index in [9.17, 15) is 0 Å². The summed E-state index contributed by atoms with van der Waals surface area (Å²) >= 11 is 5.00. The average molecular weight is 926 g/mol. The van der Waals surface area contributed by atoms with E-state index in [0.29, 0.717) is 5.84 Å². The third-order valence-electron chi connectivity index (χ3n) is 10.1. The molecule has 5 heteroatoms. The molecule has 0 radical (unpaired) electrons. The van der Waals surface area contributed by atoms with Crippen LogP contribution in [0.25, 0.3) is 28.0 Å². The number of hydrogen-bond acceptors (Lipinski definition) is 1. The molecule has 0 atom stereocenters. The number of nitrogens with one attached hydrogen (secondary N) is 1. The molecule has 0 fully saturated rings. The molecule has 1 N–H and O–H groups in total. The Bertz CT molecular complexity index is 2220. The number of rotatable bonds is 5. The number of benzene rings is 4. The highest BCUT2D eigenvalue weighted by molar-refractivity contribution is 14.1. The maximum absolute atomic E-state index is 5.49.